The summed E-state index contributed by atoms with van der Waals surface area (Å²) in [5, 5.41) is 15.7. The first-order valence-corrected chi connectivity index (χ1v) is 10.8. The van der Waals surface area contributed by atoms with Gasteiger partial charge in [-0.15, -0.1) is 0 Å². The van der Waals surface area contributed by atoms with E-state index in [1.165, 1.54) is 36.2 Å². The lowest BCUT2D eigenvalue weighted by Crippen LogP contribution is -2.27. The van der Waals surface area contributed by atoms with Gasteiger partial charge >= 0.3 is 0 Å². The quantitative estimate of drug-likeness (QED) is 0.202. The summed E-state index contributed by atoms with van der Waals surface area (Å²) in [4.78, 5) is 34.3. The Morgan fingerprint density at radius 2 is 2.09 bits per heavy atom. The standard InChI is InChI=1S/C19H16F2N6O4S/c20-19(21)5-3-10(4-6-19)26-16-12(8-22-26)17(28)25-18(24-16)32-9-15-23-13-7-11(27(29)30)1-2-14(13)31-15/h1-2,7-8,10H,3-6,9H2,(H,24,25,28). The van der Waals surface area contributed by atoms with E-state index in [1.54, 1.807) is 4.68 Å². The van der Waals surface area contributed by atoms with Crippen LogP contribution < -0.4 is 5.56 Å². The Labute approximate surface area is 182 Å². The van der Waals surface area contributed by atoms with Crippen molar-refractivity contribution < 1.29 is 18.1 Å². The second-order valence-corrected chi connectivity index (χ2v) is 8.55. The van der Waals surface area contributed by atoms with E-state index in [0.717, 1.165) is 0 Å². The Morgan fingerprint density at radius 3 is 2.84 bits per heavy atom. The molecule has 3 heterocycles. The normalized spacial score (nSPS) is 16.7. The molecule has 0 spiro atoms. The van der Waals surface area contributed by atoms with Crippen LogP contribution in [0.5, 0.6) is 0 Å². The molecule has 10 nitrogen and oxygen atoms in total. The minimum atomic E-state index is -2.66. The topological polar surface area (TPSA) is 133 Å². The number of H-pyrrole nitrogens is 1. The number of nitro groups is 1. The van der Waals surface area contributed by atoms with Crippen LogP contribution in [-0.2, 0) is 5.75 Å². The molecule has 166 valence electrons. The average molecular weight is 462 g/mol. The number of hydrogen-bond acceptors (Lipinski definition) is 8. The molecule has 1 aliphatic rings. The monoisotopic (exact) mass is 462 g/mol. The molecule has 1 fully saturated rings. The van der Waals surface area contributed by atoms with E-state index in [2.05, 4.69) is 20.1 Å². The number of aromatic nitrogens is 5. The van der Waals surface area contributed by atoms with Crippen molar-refractivity contribution in [3.63, 3.8) is 0 Å². The Kier molecular flexibility index (Phi) is 4.92. The molecule has 1 N–H and O–H groups in total. The van der Waals surface area contributed by atoms with Gasteiger partial charge in [0.1, 0.15) is 10.9 Å². The maximum Gasteiger partial charge on any atom is 0.271 e. The van der Waals surface area contributed by atoms with Crippen LogP contribution in [0.3, 0.4) is 0 Å². The molecule has 32 heavy (non-hydrogen) atoms. The summed E-state index contributed by atoms with van der Waals surface area (Å²) < 4.78 is 34.2. The number of halogens is 2. The van der Waals surface area contributed by atoms with Crippen LogP contribution in [0.4, 0.5) is 14.5 Å². The minimum Gasteiger partial charge on any atom is -0.440 e. The number of nitro benzene ring substituents is 1. The van der Waals surface area contributed by atoms with Gasteiger partial charge in [0.2, 0.25) is 11.8 Å². The van der Waals surface area contributed by atoms with Crippen molar-refractivity contribution in [2.24, 2.45) is 0 Å². The van der Waals surface area contributed by atoms with Crippen LogP contribution >= 0.6 is 11.8 Å². The number of aromatic amines is 1. The number of benzene rings is 1. The van der Waals surface area contributed by atoms with E-state index in [0.29, 0.717) is 33.2 Å². The summed E-state index contributed by atoms with van der Waals surface area (Å²) in [5.41, 5.74) is 0.655. The Morgan fingerprint density at radius 1 is 1.31 bits per heavy atom. The fourth-order valence-electron chi connectivity index (χ4n) is 3.79. The van der Waals surface area contributed by atoms with E-state index in [4.69, 9.17) is 4.42 Å². The number of alkyl halides is 2. The lowest BCUT2D eigenvalue weighted by molar-refractivity contribution is -0.384. The second kappa shape index (κ2) is 7.65. The van der Waals surface area contributed by atoms with Crippen molar-refractivity contribution >= 4 is 39.6 Å². The molecule has 0 unspecified atom stereocenters. The number of fused-ring (bicyclic) bond motifs is 2. The van der Waals surface area contributed by atoms with Crippen molar-refractivity contribution in [2.75, 3.05) is 0 Å². The lowest BCUT2D eigenvalue weighted by Gasteiger charge is -2.28. The maximum atomic E-state index is 13.5. The third-order valence-electron chi connectivity index (χ3n) is 5.43. The van der Waals surface area contributed by atoms with Gasteiger partial charge < -0.3 is 9.40 Å². The first-order valence-electron chi connectivity index (χ1n) is 9.81. The molecule has 0 saturated heterocycles. The van der Waals surface area contributed by atoms with Crippen molar-refractivity contribution in [2.45, 2.75) is 48.6 Å². The van der Waals surface area contributed by atoms with Crippen molar-refractivity contribution in [3.8, 4) is 0 Å². The van der Waals surface area contributed by atoms with Crippen molar-refractivity contribution in [1.29, 1.82) is 0 Å². The molecular formula is C19H16F2N6O4S. The molecule has 1 aliphatic carbocycles. The van der Waals surface area contributed by atoms with Gasteiger partial charge in [0.25, 0.3) is 11.2 Å². The van der Waals surface area contributed by atoms with Crippen LogP contribution in [0.25, 0.3) is 22.1 Å². The van der Waals surface area contributed by atoms with Gasteiger partial charge in [-0.2, -0.15) is 5.10 Å². The highest BCUT2D eigenvalue weighted by Crippen LogP contribution is 2.39. The molecule has 0 bridgehead atoms. The van der Waals surface area contributed by atoms with Gasteiger partial charge in [-0.3, -0.25) is 14.9 Å². The van der Waals surface area contributed by atoms with Crippen molar-refractivity contribution in [1.82, 2.24) is 24.7 Å². The highest BCUT2D eigenvalue weighted by atomic mass is 32.2. The van der Waals surface area contributed by atoms with Gasteiger partial charge in [0.15, 0.2) is 16.4 Å². The third kappa shape index (κ3) is 3.83. The summed E-state index contributed by atoms with van der Waals surface area (Å²) in [5.74, 6) is -2.12. The lowest BCUT2D eigenvalue weighted by atomic mass is 9.92. The molecule has 4 aromatic rings. The number of hydrogen-bond donors (Lipinski definition) is 1. The van der Waals surface area contributed by atoms with E-state index >= 15 is 0 Å². The zero-order valence-electron chi connectivity index (χ0n) is 16.5. The fourth-order valence-corrected chi connectivity index (χ4v) is 4.49. The van der Waals surface area contributed by atoms with Gasteiger partial charge in [0.05, 0.1) is 22.9 Å². The van der Waals surface area contributed by atoms with E-state index < -0.39 is 10.8 Å². The average Bonchev–Trinajstić information content (AvgIpc) is 3.36. The number of nitrogens with zero attached hydrogens (tertiary/aromatic N) is 5. The number of oxazole rings is 1. The molecule has 3 aromatic heterocycles. The van der Waals surface area contributed by atoms with Gasteiger partial charge in [-0.05, 0) is 18.9 Å². The van der Waals surface area contributed by atoms with E-state index in [9.17, 15) is 23.7 Å². The predicted molar refractivity (Wildman–Crippen MR) is 111 cm³/mol. The molecular weight excluding hydrogens is 446 g/mol. The van der Waals surface area contributed by atoms with Crippen LogP contribution in [0.1, 0.15) is 37.6 Å². The zero-order valence-corrected chi connectivity index (χ0v) is 17.3. The van der Waals surface area contributed by atoms with Crippen LogP contribution in [0, 0.1) is 10.1 Å². The van der Waals surface area contributed by atoms with Gasteiger partial charge in [-0.1, -0.05) is 11.8 Å². The summed E-state index contributed by atoms with van der Waals surface area (Å²) in [6.45, 7) is 0. The highest BCUT2D eigenvalue weighted by Gasteiger charge is 2.36. The van der Waals surface area contributed by atoms with Gasteiger partial charge in [0, 0.05) is 25.0 Å². The summed E-state index contributed by atoms with van der Waals surface area (Å²) >= 11 is 1.17. The van der Waals surface area contributed by atoms with Crippen molar-refractivity contribution in [3.05, 3.63) is 50.8 Å². The highest BCUT2D eigenvalue weighted by molar-refractivity contribution is 7.98. The number of non-ortho nitro benzene ring substituents is 1. The molecule has 1 saturated carbocycles. The largest absolute Gasteiger partial charge is 0.440 e. The van der Waals surface area contributed by atoms with Crippen LogP contribution in [0.15, 0.2) is 38.8 Å². The molecule has 1 aromatic carbocycles. The number of rotatable bonds is 5. The van der Waals surface area contributed by atoms with E-state index in [1.807, 2.05) is 0 Å². The second-order valence-electron chi connectivity index (χ2n) is 7.59. The fraction of sp³-hybridized carbons (Fsp3) is 0.368. The Bertz CT molecular complexity index is 1390. The Hall–Kier alpha value is -3.35. The third-order valence-corrected chi connectivity index (χ3v) is 6.29. The molecule has 0 atom stereocenters. The van der Waals surface area contributed by atoms with Crippen LogP contribution in [0.2, 0.25) is 0 Å². The zero-order chi connectivity index (χ0) is 22.5. The number of nitrogens with one attached hydrogen (secondary N) is 1. The van der Waals surface area contributed by atoms with Gasteiger partial charge in [-0.25, -0.2) is 23.4 Å². The maximum absolute atomic E-state index is 13.5. The van der Waals surface area contributed by atoms with Crippen LogP contribution in [-0.4, -0.2) is 35.6 Å². The molecule has 5 rings (SSSR count). The molecule has 13 heteroatoms. The molecule has 0 amide bonds. The molecule has 0 radical (unpaired) electrons. The smallest absolute Gasteiger partial charge is 0.271 e. The van der Waals surface area contributed by atoms with E-state index in [-0.39, 0.29) is 48.7 Å². The summed E-state index contributed by atoms with van der Waals surface area (Å²) in [7, 11) is 0. The molecule has 0 aliphatic heterocycles. The minimum absolute atomic E-state index is 0.0878. The summed E-state index contributed by atoms with van der Waals surface area (Å²) in [6, 6.07) is 3.89. The first kappa shape index (κ1) is 20.5. The Balaban J connectivity index is 1.38. The SMILES string of the molecule is O=c1[nH]c(SCc2nc3cc([N+](=O)[O-])ccc3o2)nc2c1cnn2C1CCC(F)(F)CC1. The number of thioether (sulfide) groups is 1. The predicted octanol–water partition coefficient (Wildman–Crippen LogP) is 4.21. The summed E-state index contributed by atoms with van der Waals surface area (Å²) in [6.07, 6.45) is 1.47. The first-order chi connectivity index (χ1) is 15.3.